The number of unbranched alkanes of at least 4 members (excludes halogenated alkanes) is 1. The Balaban J connectivity index is 2.11. The topological polar surface area (TPSA) is 54.0 Å². The summed E-state index contributed by atoms with van der Waals surface area (Å²) in [6, 6.07) is 9.33. The van der Waals surface area contributed by atoms with Gasteiger partial charge in [-0.15, -0.1) is 0 Å². The number of carbonyl (C=O) groups is 1. The quantitative estimate of drug-likeness (QED) is 0.692. The summed E-state index contributed by atoms with van der Waals surface area (Å²) >= 11 is 0. The fraction of sp³-hybridized carbons (Fsp3) is 0.381. The molecular formula is C21H24O5. The van der Waals surface area contributed by atoms with Gasteiger partial charge in [0.25, 0.3) is 0 Å². The van der Waals surface area contributed by atoms with Crippen LogP contribution in [0.25, 0.3) is 0 Å². The van der Waals surface area contributed by atoms with Crippen LogP contribution >= 0.6 is 0 Å². The predicted octanol–water partition coefficient (Wildman–Crippen LogP) is 4.31. The highest BCUT2D eigenvalue weighted by molar-refractivity contribution is 5.96. The molecule has 1 atom stereocenters. The molecular weight excluding hydrogens is 332 g/mol. The number of methoxy groups -OCH3 is 3. The molecule has 1 aliphatic heterocycles. The van der Waals surface area contributed by atoms with Crippen molar-refractivity contribution in [3.05, 3.63) is 52.6 Å². The summed E-state index contributed by atoms with van der Waals surface area (Å²) in [4.78, 5) is 12.6. The molecule has 0 bridgehead atoms. The zero-order valence-electron chi connectivity index (χ0n) is 15.6. The Bertz CT molecular complexity index is 790. The highest BCUT2D eigenvalue weighted by atomic mass is 16.5. The van der Waals surface area contributed by atoms with E-state index in [1.807, 2.05) is 24.3 Å². The van der Waals surface area contributed by atoms with Gasteiger partial charge in [0.15, 0.2) is 6.10 Å². The Hall–Kier alpha value is -2.69. The van der Waals surface area contributed by atoms with Crippen LogP contribution in [-0.4, -0.2) is 27.3 Å². The minimum Gasteiger partial charge on any atom is -0.497 e. The number of cyclic esters (lactones) is 1. The largest absolute Gasteiger partial charge is 0.497 e. The molecule has 0 amide bonds. The second kappa shape index (κ2) is 7.68. The van der Waals surface area contributed by atoms with Crippen molar-refractivity contribution in [1.29, 1.82) is 0 Å². The summed E-state index contributed by atoms with van der Waals surface area (Å²) in [5.74, 6) is 1.74. The second-order valence-corrected chi connectivity index (χ2v) is 6.29. The number of ether oxygens (including phenoxy) is 4. The molecule has 0 aliphatic carbocycles. The van der Waals surface area contributed by atoms with Gasteiger partial charge >= 0.3 is 5.97 Å². The maximum absolute atomic E-state index is 12.6. The van der Waals surface area contributed by atoms with Crippen LogP contribution in [0.1, 0.15) is 52.9 Å². The fourth-order valence-corrected chi connectivity index (χ4v) is 3.29. The van der Waals surface area contributed by atoms with Gasteiger partial charge in [0.2, 0.25) is 0 Å². The van der Waals surface area contributed by atoms with E-state index in [2.05, 4.69) is 6.92 Å². The zero-order chi connectivity index (χ0) is 18.7. The molecule has 2 aromatic carbocycles. The van der Waals surface area contributed by atoms with Gasteiger partial charge in [0.05, 0.1) is 26.9 Å². The predicted molar refractivity (Wildman–Crippen MR) is 98.4 cm³/mol. The molecule has 5 heteroatoms. The molecule has 138 valence electrons. The maximum atomic E-state index is 12.6. The first-order valence-electron chi connectivity index (χ1n) is 8.76. The summed E-state index contributed by atoms with van der Waals surface area (Å²) in [5.41, 5.74) is 3.27. The van der Waals surface area contributed by atoms with E-state index >= 15 is 0 Å². The Kier molecular flexibility index (Phi) is 5.35. The third kappa shape index (κ3) is 3.34. The summed E-state index contributed by atoms with van der Waals surface area (Å²) in [6.45, 7) is 2.13. The van der Waals surface area contributed by atoms with Crippen LogP contribution in [-0.2, 0) is 11.2 Å². The average molecular weight is 356 g/mol. The van der Waals surface area contributed by atoms with Crippen LogP contribution in [0.15, 0.2) is 30.3 Å². The van der Waals surface area contributed by atoms with Crippen molar-refractivity contribution in [1.82, 2.24) is 0 Å². The molecule has 0 spiro atoms. The summed E-state index contributed by atoms with van der Waals surface area (Å²) in [5, 5.41) is 0. The van der Waals surface area contributed by atoms with E-state index in [-0.39, 0.29) is 5.97 Å². The third-order valence-corrected chi connectivity index (χ3v) is 4.65. The Morgan fingerprint density at radius 3 is 2.12 bits per heavy atom. The lowest BCUT2D eigenvalue weighted by atomic mass is 9.93. The lowest BCUT2D eigenvalue weighted by Gasteiger charge is -2.15. The van der Waals surface area contributed by atoms with Gasteiger partial charge in [-0.2, -0.15) is 0 Å². The van der Waals surface area contributed by atoms with Gasteiger partial charge < -0.3 is 18.9 Å². The van der Waals surface area contributed by atoms with Gasteiger partial charge in [-0.3, -0.25) is 0 Å². The number of fused-ring (bicyclic) bond motifs is 1. The minimum atomic E-state index is -0.503. The Morgan fingerprint density at radius 1 is 0.923 bits per heavy atom. The van der Waals surface area contributed by atoms with Gasteiger partial charge in [0.1, 0.15) is 17.2 Å². The maximum Gasteiger partial charge on any atom is 0.339 e. The molecule has 26 heavy (non-hydrogen) atoms. The van der Waals surface area contributed by atoms with E-state index in [1.165, 1.54) is 0 Å². The number of hydrogen-bond acceptors (Lipinski definition) is 5. The summed E-state index contributed by atoms with van der Waals surface area (Å²) in [6.07, 6.45) is 2.37. The van der Waals surface area contributed by atoms with Crippen LogP contribution in [0.5, 0.6) is 17.2 Å². The molecule has 0 saturated heterocycles. The van der Waals surface area contributed by atoms with E-state index in [0.29, 0.717) is 17.1 Å². The molecule has 1 heterocycles. The molecule has 3 rings (SSSR count). The molecule has 0 aromatic heterocycles. The summed E-state index contributed by atoms with van der Waals surface area (Å²) in [7, 11) is 4.82. The van der Waals surface area contributed by atoms with Gasteiger partial charge in [0, 0.05) is 17.2 Å². The van der Waals surface area contributed by atoms with Gasteiger partial charge in [-0.05, 0) is 42.7 Å². The first kappa shape index (κ1) is 18.1. The second-order valence-electron chi connectivity index (χ2n) is 6.29. The standard InChI is InChI=1S/C21H24O5/c1-5-6-7-13-8-17(25-4)12-18-19(13)21(22)26-20(18)14-9-15(23-2)11-16(10-14)24-3/h8-12,20H,5-7H2,1-4H3. The normalized spacial score (nSPS) is 15.4. The van der Waals surface area contributed by atoms with Crippen LogP contribution in [0.2, 0.25) is 0 Å². The fourth-order valence-electron chi connectivity index (χ4n) is 3.29. The van der Waals surface area contributed by atoms with Gasteiger partial charge in [-0.25, -0.2) is 4.79 Å². The minimum absolute atomic E-state index is 0.291. The van der Waals surface area contributed by atoms with Crippen LogP contribution < -0.4 is 14.2 Å². The number of hydrogen-bond donors (Lipinski definition) is 0. The zero-order valence-corrected chi connectivity index (χ0v) is 15.6. The lowest BCUT2D eigenvalue weighted by Crippen LogP contribution is -2.02. The van der Waals surface area contributed by atoms with Crippen LogP contribution in [0.3, 0.4) is 0 Å². The molecule has 1 aliphatic rings. The number of carbonyl (C=O) groups excluding carboxylic acids is 1. The first-order valence-corrected chi connectivity index (χ1v) is 8.76. The van der Waals surface area contributed by atoms with E-state index < -0.39 is 6.10 Å². The molecule has 0 N–H and O–H groups in total. The van der Waals surface area contributed by atoms with Crippen molar-refractivity contribution in [3.8, 4) is 17.2 Å². The van der Waals surface area contributed by atoms with Crippen molar-refractivity contribution < 1.29 is 23.7 Å². The van der Waals surface area contributed by atoms with Crippen LogP contribution in [0, 0.1) is 0 Å². The van der Waals surface area contributed by atoms with Crippen molar-refractivity contribution in [2.75, 3.05) is 21.3 Å². The smallest absolute Gasteiger partial charge is 0.339 e. The summed E-state index contributed by atoms with van der Waals surface area (Å²) < 4.78 is 21.9. The van der Waals surface area contributed by atoms with Crippen molar-refractivity contribution in [2.24, 2.45) is 0 Å². The highest BCUT2D eigenvalue weighted by Crippen LogP contribution is 2.42. The number of benzene rings is 2. The number of aryl methyl sites for hydroxylation is 1. The highest BCUT2D eigenvalue weighted by Gasteiger charge is 2.35. The monoisotopic (exact) mass is 356 g/mol. The van der Waals surface area contributed by atoms with Gasteiger partial charge in [-0.1, -0.05) is 13.3 Å². The average Bonchev–Trinajstić information content (AvgIpc) is 3.02. The number of esters is 1. The van der Waals surface area contributed by atoms with E-state index in [0.717, 1.165) is 41.7 Å². The van der Waals surface area contributed by atoms with Crippen molar-refractivity contribution in [2.45, 2.75) is 32.3 Å². The molecule has 1 unspecified atom stereocenters. The molecule has 5 nitrogen and oxygen atoms in total. The van der Waals surface area contributed by atoms with Crippen molar-refractivity contribution >= 4 is 5.97 Å². The SMILES string of the molecule is CCCCc1cc(OC)cc2c1C(=O)OC2c1cc(OC)cc(OC)c1. The Morgan fingerprint density at radius 2 is 1.54 bits per heavy atom. The van der Waals surface area contributed by atoms with E-state index in [1.54, 1.807) is 27.4 Å². The Labute approximate surface area is 153 Å². The molecule has 0 saturated carbocycles. The first-order chi connectivity index (χ1) is 12.6. The van der Waals surface area contributed by atoms with E-state index in [4.69, 9.17) is 18.9 Å². The molecule has 2 aromatic rings. The lowest BCUT2D eigenvalue weighted by molar-refractivity contribution is 0.0454. The number of rotatable bonds is 7. The third-order valence-electron chi connectivity index (χ3n) is 4.65. The molecule has 0 radical (unpaired) electrons. The van der Waals surface area contributed by atoms with E-state index in [9.17, 15) is 4.79 Å². The molecule has 0 fully saturated rings. The van der Waals surface area contributed by atoms with Crippen LogP contribution in [0.4, 0.5) is 0 Å². The van der Waals surface area contributed by atoms with Crippen molar-refractivity contribution in [3.63, 3.8) is 0 Å².